The van der Waals surface area contributed by atoms with Gasteiger partial charge in [-0.15, -0.1) is 0 Å². The van der Waals surface area contributed by atoms with Crippen molar-refractivity contribution in [2.24, 2.45) is 0 Å². The highest BCUT2D eigenvalue weighted by Crippen LogP contribution is 2.42. The van der Waals surface area contributed by atoms with Crippen molar-refractivity contribution in [1.82, 2.24) is 0 Å². The van der Waals surface area contributed by atoms with E-state index in [1.807, 2.05) is 0 Å². The van der Waals surface area contributed by atoms with Gasteiger partial charge in [0.2, 0.25) is 8.32 Å². The fraction of sp³-hybridized carbons (Fsp3) is 0.684. The van der Waals surface area contributed by atoms with Crippen LogP contribution in [0.15, 0.2) is 18.2 Å². The van der Waals surface area contributed by atoms with Crippen LogP contribution in [-0.2, 0) is 11.8 Å². The molecule has 1 N–H and O–H groups in total. The molecule has 1 aromatic rings. The zero-order valence-electron chi connectivity index (χ0n) is 15.1. The first kappa shape index (κ1) is 17.5. The molecule has 1 unspecified atom stereocenters. The molecule has 0 spiro atoms. The van der Waals surface area contributed by atoms with Crippen LogP contribution in [0.3, 0.4) is 0 Å². The summed E-state index contributed by atoms with van der Waals surface area (Å²) in [4.78, 5) is 0. The highest BCUT2D eigenvalue weighted by Gasteiger charge is 2.39. The van der Waals surface area contributed by atoms with Crippen LogP contribution in [0.5, 0.6) is 5.75 Å². The van der Waals surface area contributed by atoms with Gasteiger partial charge in [0.25, 0.3) is 0 Å². The number of benzene rings is 1. The van der Waals surface area contributed by atoms with Crippen molar-refractivity contribution in [3.05, 3.63) is 29.3 Å². The Hall–Kier alpha value is -0.803. The summed E-state index contributed by atoms with van der Waals surface area (Å²) >= 11 is 0. The van der Waals surface area contributed by atoms with Crippen molar-refractivity contribution in [2.45, 2.75) is 76.9 Å². The van der Waals surface area contributed by atoms with Gasteiger partial charge in [0.15, 0.2) is 0 Å². The summed E-state index contributed by atoms with van der Waals surface area (Å²) in [5.74, 6) is 1.03. The van der Waals surface area contributed by atoms with Crippen molar-refractivity contribution in [2.75, 3.05) is 6.61 Å². The van der Waals surface area contributed by atoms with Gasteiger partial charge in [-0.1, -0.05) is 33.8 Å². The van der Waals surface area contributed by atoms with Gasteiger partial charge in [-0.05, 0) is 72.5 Å². The summed E-state index contributed by atoms with van der Waals surface area (Å²) in [6.45, 7) is 14.0. The lowest BCUT2D eigenvalue weighted by Crippen LogP contribution is -2.43. The predicted molar refractivity (Wildman–Crippen MR) is 96.3 cm³/mol. The fourth-order valence-corrected chi connectivity index (χ4v) is 4.21. The number of fused-ring (bicyclic) bond motifs is 1. The third kappa shape index (κ3) is 3.41. The Morgan fingerprint density at radius 2 is 1.95 bits per heavy atom. The minimum atomic E-state index is -1.78. The van der Waals surface area contributed by atoms with Crippen molar-refractivity contribution >= 4 is 8.32 Å². The van der Waals surface area contributed by atoms with Gasteiger partial charge < -0.3 is 9.53 Å². The van der Waals surface area contributed by atoms with Crippen LogP contribution >= 0.6 is 0 Å². The molecule has 1 aromatic carbocycles. The van der Waals surface area contributed by atoms with Gasteiger partial charge in [-0.25, -0.2) is 0 Å². The Labute approximate surface area is 137 Å². The first-order valence-corrected chi connectivity index (χ1v) is 11.4. The molecule has 1 aliphatic rings. The summed E-state index contributed by atoms with van der Waals surface area (Å²) in [7, 11) is -1.78. The third-order valence-corrected chi connectivity index (χ3v) is 10.1. The van der Waals surface area contributed by atoms with E-state index < -0.39 is 8.32 Å². The lowest BCUT2D eigenvalue weighted by atomic mass is 9.69. The van der Waals surface area contributed by atoms with Gasteiger partial charge in [0, 0.05) is 6.61 Å². The van der Waals surface area contributed by atoms with E-state index in [4.69, 9.17) is 4.43 Å². The van der Waals surface area contributed by atoms with Crippen molar-refractivity contribution in [3.63, 3.8) is 0 Å². The Morgan fingerprint density at radius 3 is 2.55 bits per heavy atom. The molecule has 22 heavy (non-hydrogen) atoms. The normalized spacial score (nSPS) is 22.3. The zero-order chi connectivity index (χ0) is 16.6. The smallest absolute Gasteiger partial charge is 0.250 e. The molecular weight excluding hydrogens is 288 g/mol. The van der Waals surface area contributed by atoms with Crippen LogP contribution in [-0.4, -0.2) is 20.0 Å². The fourth-order valence-electron chi connectivity index (χ4n) is 3.19. The lowest BCUT2D eigenvalue weighted by molar-refractivity contribution is 0.231. The molecule has 1 atom stereocenters. The second-order valence-corrected chi connectivity index (χ2v) is 13.3. The minimum absolute atomic E-state index is 0.123. The third-order valence-electron chi connectivity index (χ3n) is 5.74. The molecule has 124 valence electrons. The van der Waals surface area contributed by atoms with E-state index in [0.717, 1.165) is 18.6 Å². The van der Waals surface area contributed by atoms with Crippen molar-refractivity contribution in [3.8, 4) is 5.75 Å². The van der Waals surface area contributed by atoms with E-state index in [-0.39, 0.29) is 17.1 Å². The second kappa shape index (κ2) is 6.01. The predicted octanol–water partition coefficient (Wildman–Crippen LogP) is 5.05. The summed E-state index contributed by atoms with van der Waals surface area (Å²) in [6, 6.07) is 6.64. The van der Waals surface area contributed by atoms with E-state index in [0.29, 0.717) is 0 Å². The van der Waals surface area contributed by atoms with Crippen LogP contribution in [0.4, 0.5) is 0 Å². The first-order valence-electron chi connectivity index (χ1n) is 8.52. The molecular formula is C19H32O2Si. The highest BCUT2D eigenvalue weighted by molar-refractivity contribution is 6.74. The van der Waals surface area contributed by atoms with E-state index in [2.05, 4.69) is 59.0 Å². The topological polar surface area (TPSA) is 29.5 Å². The number of hydrogen-bond donors (Lipinski definition) is 1. The van der Waals surface area contributed by atoms with Crippen LogP contribution in [0.25, 0.3) is 0 Å². The van der Waals surface area contributed by atoms with E-state index >= 15 is 0 Å². The maximum atomic E-state index is 9.39. The minimum Gasteiger partial charge on any atom is -0.543 e. The van der Waals surface area contributed by atoms with Crippen LogP contribution < -0.4 is 4.43 Å². The molecule has 0 aromatic heterocycles. The molecule has 0 fully saturated rings. The standard InChI is InChI=1S/C19H32O2Si/c1-18(2,3)22(5,6)21-16-9-10-17-15(14-16)8-7-11-19(17,4)12-13-20/h9-10,14,20H,7-8,11-13H2,1-6H3. The average Bonchev–Trinajstić information content (AvgIpc) is 2.37. The highest BCUT2D eigenvalue weighted by atomic mass is 28.4. The maximum Gasteiger partial charge on any atom is 0.250 e. The quantitative estimate of drug-likeness (QED) is 0.787. The Kier molecular flexibility index (Phi) is 4.79. The van der Waals surface area contributed by atoms with Gasteiger partial charge >= 0.3 is 0 Å². The Bertz CT molecular complexity index is 531. The molecule has 0 heterocycles. The van der Waals surface area contributed by atoms with Crippen LogP contribution in [0.1, 0.15) is 58.1 Å². The molecule has 0 aliphatic heterocycles. The molecule has 0 amide bonds. The lowest BCUT2D eigenvalue weighted by Gasteiger charge is -2.38. The zero-order valence-corrected chi connectivity index (χ0v) is 16.1. The SMILES string of the molecule is CC1(CCO)CCCc2cc(O[Si](C)(C)C(C)(C)C)ccc21. The molecule has 1 aliphatic carbocycles. The first-order chi connectivity index (χ1) is 10.1. The van der Waals surface area contributed by atoms with Crippen molar-refractivity contribution < 1.29 is 9.53 Å². The van der Waals surface area contributed by atoms with Crippen molar-refractivity contribution in [1.29, 1.82) is 0 Å². The molecule has 0 saturated heterocycles. The summed E-state index contributed by atoms with van der Waals surface area (Å²) in [5, 5.41) is 9.60. The van der Waals surface area contributed by atoms with Gasteiger partial charge in [0.05, 0.1) is 0 Å². The summed E-state index contributed by atoms with van der Waals surface area (Å²) in [5.41, 5.74) is 2.95. The number of aliphatic hydroxyl groups is 1. The second-order valence-electron chi connectivity index (χ2n) is 8.57. The maximum absolute atomic E-state index is 9.39. The van der Waals surface area contributed by atoms with Crippen LogP contribution in [0, 0.1) is 0 Å². The molecule has 2 rings (SSSR count). The molecule has 3 heteroatoms. The Balaban J connectivity index is 2.29. The van der Waals surface area contributed by atoms with Gasteiger partial charge in [0.1, 0.15) is 5.75 Å². The summed E-state index contributed by atoms with van der Waals surface area (Å²) < 4.78 is 6.45. The van der Waals surface area contributed by atoms with E-state index in [1.54, 1.807) is 0 Å². The Morgan fingerprint density at radius 1 is 1.27 bits per heavy atom. The number of hydrogen-bond acceptors (Lipinski definition) is 2. The number of rotatable bonds is 4. The van der Waals surface area contributed by atoms with Gasteiger partial charge in [-0.2, -0.15) is 0 Å². The van der Waals surface area contributed by atoms with E-state index in [9.17, 15) is 5.11 Å². The van der Waals surface area contributed by atoms with Crippen LogP contribution in [0.2, 0.25) is 18.1 Å². The molecule has 0 bridgehead atoms. The average molecular weight is 321 g/mol. The number of aliphatic hydroxyl groups excluding tert-OH is 1. The largest absolute Gasteiger partial charge is 0.543 e. The van der Waals surface area contributed by atoms with Gasteiger partial charge in [-0.3, -0.25) is 0 Å². The monoisotopic (exact) mass is 320 g/mol. The molecule has 0 radical (unpaired) electrons. The van der Waals surface area contributed by atoms with E-state index in [1.165, 1.54) is 24.0 Å². The summed E-state index contributed by atoms with van der Waals surface area (Å²) in [6.07, 6.45) is 4.35. The molecule has 0 saturated carbocycles. The number of aryl methyl sites for hydroxylation is 1. The molecule has 2 nitrogen and oxygen atoms in total.